The Kier molecular flexibility index (Phi) is 4.22. The molecule has 0 aromatic heterocycles. The number of nitrogens with one attached hydrogen (secondary N) is 1. The van der Waals surface area contributed by atoms with Crippen molar-refractivity contribution in [3.63, 3.8) is 0 Å². The van der Waals surface area contributed by atoms with E-state index in [-0.39, 0.29) is 0 Å². The van der Waals surface area contributed by atoms with Crippen LogP contribution in [0.1, 0.15) is 69.0 Å². The van der Waals surface area contributed by atoms with Crippen molar-refractivity contribution in [1.29, 1.82) is 0 Å². The normalized spacial score (nSPS) is 25.8. The molecular weight excluding hydrogens is 230 g/mol. The van der Waals surface area contributed by atoms with Crippen LogP contribution in [0.25, 0.3) is 0 Å². The van der Waals surface area contributed by atoms with Gasteiger partial charge in [0, 0.05) is 12.1 Å². The van der Waals surface area contributed by atoms with Crippen LogP contribution in [0.5, 0.6) is 0 Å². The molecule has 1 aromatic carbocycles. The van der Waals surface area contributed by atoms with Crippen molar-refractivity contribution in [3.05, 3.63) is 35.4 Å². The summed E-state index contributed by atoms with van der Waals surface area (Å²) in [6.07, 6.45) is 11.2. The molecule has 0 spiro atoms. The predicted octanol–water partition coefficient (Wildman–Crippen LogP) is 4.62. The van der Waals surface area contributed by atoms with Crippen molar-refractivity contribution in [2.45, 2.75) is 70.4 Å². The highest BCUT2D eigenvalue weighted by molar-refractivity contribution is 5.34. The summed E-state index contributed by atoms with van der Waals surface area (Å²) < 4.78 is 0. The minimum Gasteiger partial charge on any atom is -0.307 e. The van der Waals surface area contributed by atoms with Gasteiger partial charge in [0.25, 0.3) is 0 Å². The topological polar surface area (TPSA) is 12.0 Å². The van der Waals surface area contributed by atoms with E-state index in [0.29, 0.717) is 12.1 Å². The third kappa shape index (κ3) is 3.02. The summed E-state index contributed by atoms with van der Waals surface area (Å²) in [5.74, 6) is 0.898. The zero-order valence-corrected chi connectivity index (χ0v) is 12.2. The van der Waals surface area contributed by atoms with Gasteiger partial charge in [0.2, 0.25) is 0 Å². The molecule has 1 fully saturated rings. The Morgan fingerprint density at radius 2 is 1.74 bits per heavy atom. The molecule has 0 radical (unpaired) electrons. The summed E-state index contributed by atoms with van der Waals surface area (Å²) in [6, 6.07) is 10.3. The zero-order valence-electron chi connectivity index (χ0n) is 12.2. The van der Waals surface area contributed by atoms with Crippen LogP contribution < -0.4 is 5.32 Å². The number of rotatable bonds is 3. The van der Waals surface area contributed by atoms with Crippen molar-refractivity contribution in [2.75, 3.05) is 0 Å². The molecule has 0 heterocycles. The van der Waals surface area contributed by atoms with Gasteiger partial charge in [0.15, 0.2) is 0 Å². The number of hydrogen-bond donors (Lipinski definition) is 1. The molecule has 0 saturated heterocycles. The molecule has 1 unspecified atom stereocenters. The quantitative estimate of drug-likeness (QED) is 0.779. The molecule has 19 heavy (non-hydrogen) atoms. The van der Waals surface area contributed by atoms with Crippen LogP contribution in [0.3, 0.4) is 0 Å². The van der Waals surface area contributed by atoms with Gasteiger partial charge < -0.3 is 5.32 Å². The van der Waals surface area contributed by atoms with Gasteiger partial charge in [-0.05, 0) is 49.7 Å². The van der Waals surface area contributed by atoms with E-state index in [1.54, 1.807) is 11.1 Å². The molecule has 1 saturated carbocycles. The summed E-state index contributed by atoms with van der Waals surface area (Å²) in [5, 5.41) is 3.93. The Bertz CT molecular complexity index is 404. The number of hydrogen-bond acceptors (Lipinski definition) is 1. The van der Waals surface area contributed by atoms with Crippen molar-refractivity contribution >= 4 is 0 Å². The van der Waals surface area contributed by atoms with Crippen LogP contribution in [-0.2, 0) is 6.42 Å². The first kappa shape index (κ1) is 13.2. The van der Waals surface area contributed by atoms with Crippen LogP contribution in [0, 0.1) is 5.92 Å². The van der Waals surface area contributed by atoms with Crippen molar-refractivity contribution < 1.29 is 0 Å². The summed E-state index contributed by atoms with van der Waals surface area (Å²) >= 11 is 0. The fourth-order valence-electron chi connectivity index (χ4n) is 3.99. The van der Waals surface area contributed by atoms with Crippen LogP contribution >= 0.6 is 0 Å². The first-order chi connectivity index (χ1) is 9.34. The molecule has 104 valence electrons. The van der Waals surface area contributed by atoms with Gasteiger partial charge in [-0.15, -0.1) is 0 Å². The third-order valence-corrected chi connectivity index (χ3v) is 5.20. The Hall–Kier alpha value is -0.820. The van der Waals surface area contributed by atoms with E-state index in [1.165, 1.54) is 51.4 Å². The minimum atomic E-state index is 0.606. The lowest BCUT2D eigenvalue weighted by Gasteiger charge is -2.27. The second-order valence-corrected chi connectivity index (χ2v) is 6.50. The maximum atomic E-state index is 3.93. The maximum absolute atomic E-state index is 3.93. The largest absolute Gasteiger partial charge is 0.307 e. The van der Waals surface area contributed by atoms with Crippen LogP contribution in [0.2, 0.25) is 0 Å². The minimum absolute atomic E-state index is 0.606. The Balaban J connectivity index is 1.62. The smallest absolute Gasteiger partial charge is 0.0328 e. The molecule has 3 rings (SSSR count). The van der Waals surface area contributed by atoms with Crippen molar-refractivity contribution in [2.24, 2.45) is 5.92 Å². The molecule has 0 amide bonds. The fourth-order valence-corrected chi connectivity index (χ4v) is 3.99. The summed E-state index contributed by atoms with van der Waals surface area (Å²) in [5.41, 5.74) is 3.12. The summed E-state index contributed by atoms with van der Waals surface area (Å²) in [6.45, 7) is 2.41. The summed E-state index contributed by atoms with van der Waals surface area (Å²) in [4.78, 5) is 0. The van der Waals surface area contributed by atoms with Gasteiger partial charge in [-0.1, -0.05) is 49.9 Å². The second-order valence-electron chi connectivity index (χ2n) is 6.50. The predicted molar refractivity (Wildman–Crippen MR) is 81.3 cm³/mol. The molecule has 2 aliphatic rings. The van der Waals surface area contributed by atoms with Gasteiger partial charge in [-0.25, -0.2) is 0 Å². The molecule has 0 aliphatic heterocycles. The lowest BCUT2D eigenvalue weighted by molar-refractivity contribution is 0.309. The first-order valence-electron chi connectivity index (χ1n) is 8.18. The van der Waals surface area contributed by atoms with E-state index in [4.69, 9.17) is 0 Å². The van der Waals surface area contributed by atoms with E-state index in [9.17, 15) is 0 Å². The fraction of sp³-hybridized carbons (Fsp3) is 0.667. The third-order valence-electron chi connectivity index (χ3n) is 5.20. The molecule has 1 nitrogen and oxygen atoms in total. The highest BCUT2D eigenvalue weighted by Gasteiger charge is 2.26. The van der Waals surface area contributed by atoms with Crippen molar-refractivity contribution in [1.82, 2.24) is 5.32 Å². The van der Waals surface area contributed by atoms with E-state index in [2.05, 4.69) is 36.5 Å². The molecule has 0 bridgehead atoms. The van der Waals surface area contributed by atoms with Gasteiger partial charge >= 0.3 is 0 Å². The Morgan fingerprint density at radius 1 is 1.00 bits per heavy atom. The SMILES string of the molecule is C[C@H](NC1CCc2ccccc21)C1CCCCCC1. The van der Waals surface area contributed by atoms with Crippen molar-refractivity contribution in [3.8, 4) is 0 Å². The molecule has 1 aromatic rings. The number of fused-ring (bicyclic) bond motifs is 1. The first-order valence-corrected chi connectivity index (χ1v) is 8.18. The molecule has 1 N–H and O–H groups in total. The van der Waals surface area contributed by atoms with Crippen LogP contribution in [0.4, 0.5) is 0 Å². The average molecular weight is 257 g/mol. The van der Waals surface area contributed by atoms with Gasteiger partial charge in [-0.3, -0.25) is 0 Å². The van der Waals surface area contributed by atoms with E-state index in [0.717, 1.165) is 5.92 Å². The monoisotopic (exact) mass is 257 g/mol. The Morgan fingerprint density at radius 3 is 2.53 bits per heavy atom. The second kappa shape index (κ2) is 6.09. The van der Waals surface area contributed by atoms with E-state index < -0.39 is 0 Å². The van der Waals surface area contributed by atoms with Gasteiger partial charge in [0.05, 0.1) is 0 Å². The highest BCUT2D eigenvalue weighted by Crippen LogP contribution is 2.33. The zero-order chi connectivity index (χ0) is 13.1. The molecular formula is C18H27N. The van der Waals surface area contributed by atoms with Crippen LogP contribution in [0.15, 0.2) is 24.3 Å². The van der Waals surface area contributed by atoms with Gasteiger partial charge in [-0.2, -0.15) is 0 Å². The molecule has 2 aliphatic carbocycles. The van der Waals surface area contributed by atoms with Crippen LogP contribution in [-0.4, -0.2) is 6.04 Å². The molecule has 2 atom stereocenters. The summed E-state index contributed by atoms with van der Waals surface area (Å²) in [7, 11) is 0. The van der Waals surface area contributed by atoms with E-state index in [1.807, 2.05) is 0 Å². The standard InChI is InChI=1S/C18H27N/c1-14(15-8-4-2-3-5-9-15)19-18-13-12-16-10-6-7-11-17(16)18/h6-7,10-11,14-15,18-19H,2-5,8-9,12-13H2,1H3/t14-,18?/m0/s1. The maximum Gasteiger partial charge on any atom is 0.0328 e. The van der Waals surface area contributed by atoms with E-state index >= 15 is 0 Å². The lowest BCUT2D eigenvalue weighted by Crippen LogP contribution is -2.35. The lowest BCUT2D eigenvalue weighted by atomic mass is 9.92. The number of benzene rings is 1. The average Bonchev–Trinajstić information content (AvgIpc) is 2.66. The highest BCUT2D eigenvalue weighted by atomic mass is 15.0. The number of aryl methyl sites for hydroxylation is 1. The Labute approximate surface area is 117 Å². The van der Waals surface area contributed by atoms with Gasteiger partial charge in [0.1, 0.15) is 0 Å². The molecule has 1 heteroatoms.